The van der Waals surface area contributed by atoms with Crippen LogP contribution in [0.1, 0.15) is 46.0 Å². The van der Waals surface area contributed by atoms with Gasteiger partial charge < -0.3 is 20.3 Å². The number of ether oxygens (including phenoxy) is 1. The van der Waals surface area contributed by atoms with Crippen LogP contribution in [0.2, 0.25) is 0 Å². The quantitative estimate of drug-likeness (QED) is 0.312. The van der Waals surface area contributed by atoms with Crippen LogP contribution in [0.15, 0.2) is 4.99 Å². The highest BCUT2D eigenvalue weighted by Gasteiger charge is 2.33. The van der Waals surface area contributed by atoms with E-state index >= 15 is 0 Å². The molecule has 0 radical (unpaired) electrons. The van der Waals surface area contributed by atoms with Crippen LogP contribution in [0.4, 0.5) is 0 Å². The molecule has 1 fully saturated rings. The van der Waals surface area contributed by atoms with Crippen molar-refractivity contribution in [3.63, 3.8) is 0 Å². The van der Waals surface area contributed by atoms with E-state index in [1.807, 2.05) is 7.05 Å². The normalized spacial score (nSPS) is 17.2. The van der Waals surface area contributed by atoms with E-state index in [2.05, 4.69) is 34.4 Å². The topological polar surface area (TPSA) is 48.9 Å². The first-order chi connectivity index (χ1) is 10.7. The molecule has 0 aromatic heterocycles. The number of methoxy groups -OCH3 is 1. The van der Waals surface area contributed by atoms with Crippen LogP contribution in [-0.4, -0.2) is 64.3 Å². The Balaban J connectivity index is 0.00000484. The molecule has 5 nitrogen and oxygen atoms in total. The van der Waals surface area contributed by atoms with Gasteiger partial charge in [0.15, 0.2) is 5.96 Å². The fourth-order valence-electron chi connectivity index (χ4n) is 3.32. The van der Waals surface area contributed by atoms with Crippen molar-refractivity contribution in [2.24, 2.45) is 10.4 Å². The van der Waals surface area contributed by atoms with Gasteiger partial charge in [-0.1, -0.05) is 26.7 Å². The Labute approximate surface area is 160 Å². The van der Waals surface area contributed by atoms with E-state index < -0.39 is 0 Å². The number of likely N-dealkylation sites (N-methyl/N-ethyl adjacent to an activating group) is 1. The summed E-state index contributed by atoms with van der Waals surface area (Å²) >= 11 is 0. The van der Waals surface area contributed by atoms with E-state index in [1.54, 1.807) is 7.11 Å². The number of rotatable bonds is 10. The second-order valence-electron chi connectivity index (χ2n) is 6.33. The van der Waals surface area contributed by atoms with Gasteiger partial charge in [-0.05, 0) is 37.8 Å². The van der Waals surface area contributed by atoms with E-state index in [0.717, 1.165) is 51.7 Å². The molecule has 0 unspecified atom stereocenters. The highest BCUT2D eigenvalue weighted by molar-refractivity contribution is 14.0. The van der Waals surface area contributed by atoms with Crippen LogP contribution in [-0.2, 0) is 4.74 Å². The van der Waals surface area contributed by atoms with E-state index in [-0.39, 0.29) is 24.0 Å². The first kappa shape index (κ1) is 22.9. The van der Waals surface area contributed by atoms with E-state index in [9.17, 15) is 0 Å². The summed E-state index contributed by atoms with van der Waals surface area (Å²) < 4.78 is 5.30. The van der Waals surface area contributed by atoms with E-state index in [4.69, 9.17) is 4.74 Å². The third kappa shape index (κ3) is 8.54. The standard InChI is InChI=1S/C17H36N4O.HI/c1-5-21(6-2)13-12-19-16(18-3)20-15-17(11-14-22-4)9-7-8-10-17;/h5-15H2,1-4H3,(H2,18,19,20);1H. The number of aliphatic imine (C=N–C) groups is 1. The van der Waals surface area contributed by atoms with Gasteiger partial charge >= 0.3 is 0 Å². The van der Waals surface area contributed by atoms with Gasteiger partial charge in [0, 0.05) is 40.4 Å². The van der Waals surface area contributed by atoms with E-state index in [1.165, 1.54) is 25.7 Å². The van der Waals surface area contributed by atoms with Crippen LogP contribution in [0.25, 0.3) is 0 Å². The first-order valence-corrected chi connectivity index (χ1v) is 8.85. The van der Waals surface area contributed by atoms with Crippen molar-refractivity contribution in [1.29, 1.82) is 0 Å². The Bertz CT molecular complexity index is 316. The average Bonchev–Trinajstić information content (AvgIpc) is 3.02. The SMILES string of the molecule is CCN(CC)CCNC(=NC)NCC1(CCOC)CCCC1.I. The van der Waals surface area contributed by atoms with Crippen molar-refractivity contribution in [2.45, 2.75) is 46.0 Å². The number of hydrogen-bond acceptors (Lipinski definition) is 3. The zero-order valence-corrected chi connectivity index (χ0v) is 17.8. The summed E-state index contributed by atoms with van der Waals surface area (Å²) in [6.45, 7) is 10.5. The molecule has 0 aliphatic heterocycles. The molecule has 6 heteroatoms. The second kappa shape index (κ2) is 13.2. The molecular weight excluding hydrogens is 403 g/mol. The Morgan fingerprint density at radius 3 is 2.35 bits per heavy atom. The molecule has 23 heavy (non-hydrogen) atoms. The van der Waals surface area contributed by atoms with Gasteiger partial charge in [0.1, 0.15) is 0 Å². The minimum atomic E-state index is 0. The molecule has 1 aliphatic carbocycles. The van der Waals surface area contributed by atoms with Crippen LogP contribution < -0.4 is 10.6 Å². The highest BCUT2D eigenvalue weighted by Crippen LogP contribution is 2.40. The fourth-order valence-corrected chi connectivity index (χ4v) is 3.32. The van der Waals surface area contributed by atoms with Crippen molar-refractivity contribution in [1.82, 2.24) is 15.5 Å². The Hall–Kier alpha value is -0.0800. The van der Waals surface area contributed by atoms with Gasteiger partial charge in [0.2, 0.25) is 0 Å². The maximum Gasteiger partial charge on any atom is 0.191 e. The second-order valence-corrected chi connectivity index (χ2v) is 6.33. The molecule has 0 amide bonds. The molecular formula is C17H37IN4O. The van der Waals surface area contributed by atoms with Crippen molar-refractivity contribution >= 4 is 29.9 Å². The summed E-state index contributed by atoms with van der Waals surface area (Å²) in [4.78, 5) is 6.77. The van der Waals surface area contributed by atoms with Gasteiger partial charge in [-0.25, -0.2) is 0 Å². The van der Waals surface area contributed by atoms with Crippen LogP contribution in [0, 0.1) is 5.41 Å². The first-order valence-electron chi connectivity index (χ1n) is 8.85. The summed E-state index contributed by atoms with van der Waals surface area (Å²) in [6, 6.07) is 0. The smallest absolute Gasteiger partial charge is 0.191 e. The van der Waals surface area contributed by atoms with Crippen molar-refractivity contribution < 1.29 is 4.74 Å². The monoisotopic (exact) mass is 440 g/mol. The molecule has 0 saturated heterocycles. The summed E-state index contributed by atoms with van der Waals surface area (Å²) in [5.41, 5.74) is 0.395. The molecule has 0 atom stereocenters. The Morgan fingerprint density at radius 1 is 1.17 bits per heavy atom. The van der Waals surface area contributed by atoms with Crippen LogP contribution in [0.5, 0.6) is 0 Å². The van der Waals surface area contributed by atoms with Gasteiger partial charge in [0.25, 0.3) is 0 Å². The maximum atomic E-state index is 5.30. The van der Waals surface area contributed by atoms with Gasteiger partial charge in [-0.3, -0.25) is 4.99 Å². The van der Waals surface area contributed by atoms with Crippen LogP contribution in [0.3, 0.4) is 0 Å². The molecule has 0 heterocycles. The summed E-state index contributed by atoms with van der Waals surface area (Å²) in [5.74, 6) is 0.927. The van der Waals surface area contributed by atoms with Crippen molar-refractivity contribution in [2.75, 3.05) is 53.5 Å². The predicted octanol–water partition coefficient (Wildman–Crippen LogP) is 2.71. The van der Waals surface area contributed by atoms with Crippen molar-refractivity contribution in [3.8, 4) is 0 Å². The lowest BCUT2D eigenvalue weighted by atomic mass is 9.83. The zero-order valence-electron chi connectivity index (χ0n) is 15.5. The summed E-state index contributed by atoms with van der Waals surface area (Å²) in [7, 11) is 3.65. The molecule has 138 valence electrons. The van der Waals surface area contributed by atoms with E-state index in [0.29, 0.717) is 5.41 Å². The minimum Gasteiger partial charge on any atom is -0.385 e. The largest absolute Gasteiger partial charge is 0.385 e. The average molecular weight is 440 g/mol. The zero-order chi connectivity index (χ0) is 16.3. The molecule has 0 bridgehead atoms. The van der Waals surface area contributed by atoms with Crippen molar-refractivity contribution in [3.05, 3.63) is 0 Å². The number of nitrogens with zero attached hydrogens (tertiary/aromatic N) is 2. The molecule has 2 N–H and O–H groups in total. The highest BCUT2D eigenvalue weighted by atomic mass is 127. The number of hydrogen-bond donors (Lipinski definition) is 2. The number of nitrogens with one attached hydrogen (secondary N) is 2. The third-order valence-electron chi connectivity index (χ3n) is 4.97. The summed E-state index contributed by atoms with van der Waals surface area (Å²) in [6.07, 6.45) is 6.45. The predicted molar refractivity (Wildman–Crippen MR) is 110 cm³/mol. The lowest BCUT2D eigenvalue weighted by molar-refractivity contribution is 0.138. The van der Waals surface area contributed by atoms with Crippen LogP contribution >= 0.6 is 24.0 Å². The minimum absolute atomic E-state index is 0. The van der Waals surface area contributed by atoms with Gasteiger partial charge in [0.05, 0.1) is 0 Å². The summed E-state index contributed by atoms with van der Waals surface area (Å²) in [5, 5.41) is 6.97. The molecule has 1 saturated carbocycles. The Morgan fingerprint density at radius 2 is 1.83 bits per heavy atom. The molecule has 1 aliphatic rings. The lowest BCUT2D eigenvalue weighted by Crippen LogP contribution is -2.45. The third-order valence-corrected chi connectivity index (χ3v) is 4.97. The molecule has 0 aromatic carbocycles. The van der Waals surface area contributed by atoms with Gasteiger partial charge in [-0.2, -0.15) is 0 Å². The maximum absolute atomic E-state index is 5.30. The molecule has 0 spiro atoms. The molecule has 0 aromatic rings. The Kier molecular flexibility index (Phi) is 13.2. The van der Waals surface area contributed by atoms with Gasteiger partial charge in [-0.15, -0.1) is 24.0 Å². The lowest BCUT2D eigenvalue weighted by Gasteiger charge is -2.30. The number of halogens is 1. The number of guanidine groups is 1. The fraction of sp³-hybridized carbons (Fsp3) is 0.941. The molecule has 1 rings (SSSR count).